The molecule has 0 radical (unpaired) electrons. The SMILES string of the molecule is COc1cc(C2CCN(C(=O)CCN3CCCC3)CC2)c(C)cc1Nc1nc(Nc2ccccc2S(=O)(=O)C(C)C)n2nccc2n1. The Morgan fingerprint density at radius 2 is 1.74 bits per heavy atom. The number of para-hydroxylation sites is 1. The highest BCUT2D eigenvalue weighted by atomic mass is 32.2. The maximum atomic E-state index is 13.1. The van der Waals surface area contributed by atoms with E-state index in [1.807, 2.05) is 11.0 Å². The first kappa shape index (κ1) is 32.7. The number of likely N-dealkylation sites (tertiary alicyclic amines) is 2. The van der Waals surface area contributed by atoms with Crippen molar-refractivity contribution in [2.45, 2.75) is 68.9 Å². The first-order valence-corrected chi connectivity index (χ1v) is 18.0. The highest BCUT2D eigenvalue weighted by molar-refractivity contribution is 7.92. The minimum atomic E-state index is -3.56. The summed E-state index contributed by atoms with van der Waals surface area (Å²) >= 11 is 0. The normalized spacial score (nSPS) is 16.2. The lowest BCUT2D eigenvalue weighted by Crippen LogP contribution is -2.39. The Labute approximate surface area is 276 Å². The van der Waals surface area contributed by atoms with Crippen LogP contribution in [-0.2, 0) is 14.6 Å². The number of carbonyl (C=O) groups excluding carboxylic acids is 1. The maximum Gasteiger partial charge on any atom is 0.233 e. The molecule has 0 saturated carbocycles. The number of hydrogen-bond donors (Lipinski definition) is 2. The quantitative estimate of drug-likeness (QED) is 0.218. The molecule has 0 bridgehead atoms. The number of piperidine rings is 1. The average Bonchev–Trinajstić information content (AvgIpc) is 3.77. The van der Waals surface area contributed by atoms with Crippen LogP contribution >= 0.6 is 0 Å². The standard InChI is InChI=1S/C34H44N8O4S/c1-23(2)47(44,45)30-10-6-5-9-27(30)37-34-39-33(38-31-11-15-35-42(31)34)36-28-21-24(3)26(22-29(28)46-4)25-12-19-41(20-13-25)32(43)14-18-40-16-7-8-17-40/h5-6,9-11,15,21-23,25H,7-8,12-14,16-20H2,1-4H3,(H2,36,37,38,39). The molecule has 0 atom stereocenters. The van der Waals surface area contributed by atoms with Crippen molar-refractivity contribution in [3.05, 3.63) is 59.8 Å². The number of ether oxygens (including phenoxy) is 1. The lowest BCUT2D eigenvalue weighted by atomic mass is 9.86. The van der Waals surface area contributed by atoms with Crippen LogP contribution in [0.15, 0.2) is 53.6 Å². The molecule has 2 aromatic heterocycles. The van der Waals surface area contributed by atoms with Crippen molar-refractivity contribution in [2.24, 2.45) is 0 Å². The molecule has 13 heteroatoms. The zero-order valence-electron chi connectivity index (χ0n) is 27.6. The molecule has 0 aliphatic carbocycles. The molecule has 4 aromatic rings. The second-order valence-electron chi connectivity index (χ2n) is 12.7. The first-order chi connectivity index (χ1) is 22.6. The number of nitrogens with one attached hydrogen (secondary N) is 2. The van der Waals surface area contributed by atoms with Gasteiger partial charge in [-0.15, -0.1) is 0 Å². The summed E-state index contributed by atoms with van der Waals surface area (Å²) < 4.78 is 33.5. The van der Waals surface area contributed by atoms with Crippen molar-refractivity contribution in [1.82, 2.24) is 29.4 Å². The van der Waals surface area contributed by atoms with Crippen molar-refractivity contribution < 1.29 is 17.9 Å². The third-order valence-electron chi connectivity index (χ3n) is 9.28. The Morgan fingerprint density at radius 3 is 2.47 bits per heavy atom. The fraction of sp³-hybridized carbons (Fsp3) is 0.471. The van der Waals surface area contributed by atoms with Crippen LogP contribution in [0, 0.1) is 6.92 Å². The largest absolute Gasteiger partial charge is 0.495 e. The third-order valence-corrected chi connectivity index (χ3v) is 11.5. The molecule has 2 fully saturated rings. The van der Waals surface area contributed by atoms with Gasteiger partial charge in [0.25, 0.3) is 0 Å². The Morgan fingerprint density at radius 1 is 1.00 bits per heavy atom. The van der Waals surface area contributed by atoms with Gasteiger partial charge in [0.2, 0.25) is 17.8 Å². The van der Waals surface area contributed by atoms with Crippen LogP contribution in [0.2, 0.25) is 0 Å². The molecular formula is C34H44N8O4S. The van der Waals surface area contributed by atoms with Gasteiger partial charge in [0, 0.05) is 32.1 Å². The van der Waals surface area contributed by atoms with E-state index in [1.165, 1.54) is 22.9 Å². The molecule has 2 aliphatic heterocycles. The molecule has 2 aliphatic rings. The first-order valence-electron chi connectivity index (χ1n) is 16.4. The average molecular weight is 661 g/mol. The summed E-state index contributed by atoms with van der Waals surface area (Å²) in [5.74, 6) is 1.87. The van der Waals surface area contributed by atoms with E-state index in [-0.39, 0.29) is 10.8 Å². The van der Waals surface area contributed by atoms with Crippen LogP contribution in [0.3, 0.4) is 0 Å². The van der Waals surface area contributed by atoms with Gasteiger partial charge in [0.15, 0.2) is 15.5 Å². The summed E-state index contributed by atoms with van der Waals surface area (Å²) in [6.45, 7) is 10.0. The zero-order chi connectivity index (χ0) is 33.1. The van der Waals surface area contributed by atoms with E-state index < -0.39 is 15.1 Å². The minimum Gasteiger partial charge on any atom is -0.495 e. The summed E-state index contributed by atoms with van der Waals surface area (Å²) in [5, 5.41) is 10.3. The molecule has 1 amide bonds. The Bertz CT molecular complexity index is 1840. The van der Waals surface area contributed by atoms with Crippen LogP contribution in [0.1, 0.15) is 63.0 Å². The molecule has 47 heavy (non-hydrogen) atoms. The number of hydrogen-bond acceptors (Lipinski definition) is 10. The van der Waals surface area contributed by atoms with Crippen molar-refractivity contribution in [3.63, 3.8) is 0 Å². The summed E-state index contributed by atoms with van der Waals surface area (Å²) in [5.41, 5.74) is 3.97. The van der Waals surface area contributed by atoms with Crippen LogP contribution in [0.5, 0.6) is 5.75 Å². The molecule has 4 heterocycles. The molecule has 0 unspecified atom stereocenters. The van der Waals surface area contributed by atoms with E-state index in [4.69, 9.17) is 9.72 Å². The van der Waals surface area contributed by atoms with Crippen molar-refractivity contribution in [2.75, 3.05) is 50.5 Å². The Balaban J connectivity index is 1.19. The smallest absolute Gasteiger partial charge is 0.233 e. The maximum absolute atomic E-state index is 13.1. The molecule has 2 N–H and O–H groups in total. The number of nitrogens with zero attached hydrogens (tertiary/aromatic N) is 6. The monoisotopic (exact) mass is 660 g/mol. The number of rotatable bonds is 11. The Kier molecular flexibility index (Phi) is 9.65. The Hall–Kier alpha value is -4.23. The number of aromatic nitrogens is 4. The van der Waals surface area contributed by atoms with Gasteiger partial charge < -0.3 is 25.2 Å². The summed E-state index contributed by atoms with van der Waals surface area (Å²) in [6.07, 6.45) is 6.52. The number of anilines is 4. The van der Waals surface area contributed by atoms with Crippen LogP contribution < -0.4 is 15.4 Å². The zero-order valence-corrected chi connectivity index (χ0v) is 28.4. The fourth-order valence-electron chi connectivity index (χ4n) is 6.54. The van der Waals surface area contributed by atoms with Crippen molar-refractivity contribution in [3.8, 4) is 5.75 Å². The predicted octanol–water partition coefficient (Wildman–Crippen LogP) is 5.30. The van der Waals surface area contributed by atoms with Gasteiger partial charge in [-0.25, -0.2) is 8.42 Å². The summed E-state index contributed by atoms with van der Waals surface area (Å²) in [4.78, 5) is 26.8. The lowest BCUT2D eigenvalue weighted by molar-refractivity contribution is -0.132. The second-order valence-corrected chi connectivity index (χ2v) is 15.1. The van der Waals surface area contributed by atoms with Gasteiger partial charge in [0.1, 0.15) is 5.75 Å². The molecule has 250 valence electrons. The number of carbonyl (C=O) groups is 1. The van der Waals surface area contributed by atoms with Crippen molar-refractivity contribution >= 4 is 44.7 Å². The van der Waals surface area contributed by atoms with E-state index in [0.29, 0.717) is 47.0 Å². The van der Waals surface area contributed by atoms with Gasteiger partial charge in [-0.05, 0) is 101 Å². The number of aryl methyl sites for hydroxylation is 1. The molecular weight excluding hydrogens is 616 g/mol. The summed E-state index contributed by atoms with van der Waals surface area (Å²) in [7, 11) is -1.92. The number of fused-ring (bicyclic) bond motifs is 1. The van der Waals surface area contributed by atoms with E-state index in [0.717, 1.165) is 51.1 Å². The van der Waals surface area contributed by atoms with Crippen molar-refractivity contribution in [1.29, 1.82) is 0 Å². The van der Waals surface area contributed by atoms with Gasteiger partial charge in [0.05, 0.1) is 34.8 Å². The molecule has 6 rings (SSSR count). The molecule has 2 aromatic carbocycles. The minimum absolute atomic E-state index is 0.189. The van der Waals surface area contributed by atoms with E-state index in [1.54, 1.807) is 57.5 Å². The third kappa shape index (κ3) is 7.05. The lowest BCUT2D eigenvalue weighted by Gasteiger charge is -2.33. The summed E-state index contributed by atoms with van der Waals surface area (Å²) in [6, 6.07) is 12.7. The van der Waals surface area contributed by atoms with Gasteiger partial charge in [-0.1, -0.05) is 12.1 Å². The topological polar surface area (TPSA) is 134 Å². The second kappa shape index (κ2) is 13.9. The highest BCUT2D eigenvalue weighted by Gasteiger charge is 2.27. The number of amides is 1. The number of sulfone groups is 1. The van der Waals surface area contributed by atoms with Gasteiger partial charge >= 0.3 is 0 Å². The predicted molar refractivity (Wildman–Crippen MR) is 183 cm³/mol. The molecule has 2 saturated heterocycles. The molecule has 0 spiro atoms. The fourth-order valence-corrected chi connectivity index (χ4v) is 7.74. The number of methoxy groups -OCH3 is 1. The van der Waals surface area contributed by atoms with Gasteiger partial charge in [-0.2, -0.15) is 19.6 Å². The number of benzene rings is 2. The van der Waals surface area contributed by atoms with E-state index >= 15 is 0 Å². The van der Waals surface area contributed by atoms with Crippen LogP contribution in [0.4, 0.5) is 23.3 Å². The van der Waals surface area contributed by atoms with E-state index in [2.05, 4.69) is 38.6 Å². The molecule has 12 nitrogen and oxygen atoms in total. The van der Waals surface area contributed by atoms with Crippen LogP contribution in [-0.4, -0.2) is 88.8 Å². The highest BCUT2D eigenvalue weighted by Crippen LogP contribution is 2.38. The van der Waals surface area contributed by atoms with Crippen LogP contribution in [0.25, 0.3) is 5.65 Å². The van der Waals surface area contributed by atoms with E-state index in [9.17, 15) is 13.2 Å². The van der Waals surface area contributed by atoms with Gasteiger partial charge in [-0.3, -0.25) is 4.79 Å².